The molecule has 0 saturated heterocycles. The quantitative estimate of drug-likeness (QED) is 0.360. The van der Waals surface area contributed by atoms with E-state index in [2.05, 4.69) is 45.3 Å². The van der Waals surface area contributed by atoms with Gasteiger partial charge in [0.1, 0.15) is 0 Å². The highest BCUT2D eigenvalue weighted by Gasteiger charge is 2.11. The number of carbonyl (C=O) groups is 2. The second-order valence-electron chi connectivity index (χ2n) is 8.56. The van der Waals surface area contributed by atoms with E-state index in [-0.39, 0.29) is 11.8 Å². The lowest BCUT2D eigenvalue weighted by atomic mass is 10.1. The molecule has 0 spiro atoms. The van der Waals surface area contributed by atoms with Crippen LogP contribution < -0.4 is 10.9 Å². The summed E-state index contributed by atoms with van der Waals surface area (Å²) in [6.07, 6.45) is 12.3. The normalized spacial score (nSPS) is 14.6. The molecule has 0 fully saturated rings. The highest BCUT2D eigenvalue weighted by molar-refractivity contribution is 5.83. The van der Waals surface area contributed by atoms with Crippen molar-refractivity contribution in [2.75, 3.05) is 0 Å². The maximum absolute atomic E-state index is 11.9. The Bertz CT molecular complexity index is 959. The first-order valence-electron chi connectivity index (χ1n) is 11.5. The van der Waals surface area contributed by atoms with Crippen molar-refractivity contribution in [1.29, 1.82) is 0 Å². The number of benzene rings is 2. The number of hydrogen-bond acceptors (Lipinski definition) is 4. The van der Waals surface area contributed by atoms with Gasteiger partial charge in [-0.25, -0.2) is 10.9 Å². The summed E-state index contributed by atoms with van der Waals surface area (Å²) in [7, 11) is 0. The molecule has 2 aromatic rings. The average Bonchev–Trinajstić information content (AvgIpc) is 3.45. The van der Waals surface area contributed by atoms with Gasteiger partial charge in [-0.3, -0.25) is 9.59 Å². The molecule has 32 heavy (non-hydrogen) atoms. The molecule has 4 rings (SSSR count). The Hall–Kier alpha value is -3.28. The third kappa shape index (κ3) is 6.13. The standard InChI is InChI=1S/C26H30N4O2/c31-25(29-27-17-19-11-13-21-5-3-7-23(21)15-19)9-1-2-10-26(32)30-28-18-20-12-14-22-6-4-8-24(22)16-20/h11-18H,1-10H2,(H,29,31)(H,30,32)/b27-17-,28-18-. The van der Waals surface area contributed by atoms with Gasteiger partial charge < -0.3 is 0 Å². The molecule has 6 nitrogen and oxygen atoms in total. The molecule has 2 amide bonds. The zero-order valence-corrected chi connectivity index (χ0v) is 18.4. The van der Waals surface area contributed by atoms with Gasteiger partial charge in [-0.2, -0.15) is 10.2 Å². The summed E-state index contributed by atoms with van der Waals surface area (Å²) in [5, 5.41) is 8.10. The van der Waals surface area contributed by atoms with E-state index < -0.39 is 0 Å². The Morgan fingerprint density at radius 1 is 0.688 bits per heavy atom. The van der Waals surface area contributed by atoms with Crippen LogP contribution in [-0.2, 0) is 35.3 Å². The van der Waals surface area contributed by atoms with Gasteiger partial charge in [0, 0.05) is 12.8 Å². The molecule has 0 aromatic heterocycles. The predicted molar refractivity (Wildman–Crippen MR) is 127 cm³/mol. The van der Waals surface area contributed by atoms with Crippen molar-refractivity contribution in [2.24, 2.45) is 10.2 Å². The summed E-state index contributed by atoms with van der Waals surface area (Å²) in [6, 6.07) is 12.6. The minimum Gasteiger partial charge on any atom is -0.273 e. The van der Waals surface area contributed by atoms with E-state index in [9.17, 15) is 9.59 Å². The number of aryl methyl sites for hydroxylation is 4. The average molecular weight is 431 g/mol. The first-order chi connectivity index (χ1) is 15.7. The number of unbranched alkanes of at least 4 members (excludes halogenated alkanes) is 1. The number of amides is 2. The fraction of sp³-hybridized carbons (Fsp3) is 0.385. The molecule has 166 valence electrons. The minimum atomic E-state index is -0.141. The van der Waals surface area contributed by atoms with E-state index in [4.69, 9.17) is 0 Å². The second-order valence-corrected chi connectivity index (χ2v) is 8.56. The van der Waals surface area contributed by atoms with Gasteiger partial charge >= 0.3 is 0 Å². The monoisotopic (exact) mass is 430 g/mol. The van der Waals surface area contributed by atoms with E-state index in [1.165, 1.54) is 35.1 Å². The molecule has 0 aliphatic heterocycles. The summed E-state index contributed by atoms with van der Waals surface area (Å²) < 4.78 is 0. The maximum atomic E-state index is 11.9. The van der Waals surface area contributed by atoms with Crippen molar-refractivity contribution < 1.29 is 9.59 Å². The van der Waals surface area contributed by atoms with Crippen LogP contribution in [0.15, 0.2) is 46.6 Å². The number of nitrogens with zero attached hydrogens (tertiary/aromatic N) is 2. The minimum absolute atomic E-state index is 0.141. The summed E-state index contributed by atoms with van der Waals surface area (Å²) in [4.78, 5) is 23.9. The van der Waals surface area contributed by atoms with E-state index in [0.717, 1.165) is 36.8 Å². The Labute approximate surface area is 189 Å². The van der Waals surface area contributed by atoms with Crippen LogP contribution in [0.25, 0.3) is 0 Å². The summed E-state index contributed by atoms with van der Waals surface area (Å²) >= 11 is 0. The van der Waals surface area contributed by atoms with Crippen molar-refractivity contribution in [3.63, 3.8) is 0 Å². The Morgan fingerprint density at radius 2 is 1.12 bits per heavy atom. The topological polar surface area (TPSA) is 82.9 Å². The van der Waals surface area contributed by atoms with E-state index in [1.54, 1.807) is 12.4 Å². The third-order valence-corrected chi connectivity index (χ3v) is 6.11. The van der Waals surface area contributed by atoms with Crippen molar-refractivity contribution in [3.05, 3.63) is 69.8 Å². The van der Waals surface area contributed by atoms with Crippen LogP contribution in [0, 0.1) is 0 Å². The first-order valence-corrected chi connectivity index (χ1v) is 11.5. The lowest BCUT2D eigenvalue weighted by Crippen LogP contribution is -2.19. The molecule has 0 heterocycles. The summed E-state index contributed by atoms with van der Waals surface area (Å²) in [5.41, 5.74) is 12.7. The van der Waals surface area contributed by atoms with Gasteiger partial charge in [0.25, 0.3) is 0 Å². The lowest BCUT2D eigenvalue weighted by Gasteiger charge is -2.02. The van der Waals surface area contributed by atoms with E-state index in [0.29, 0.717) is 25.7 Å². The van der Waals surface area contributed by atoms with Crippen LogP contribution in [0.3, 0.4) is 0 Å². The zero-order valence-electron chi connectivity index (χ0n) is 18.4. The number of nitrogens with one attached hydrogen (secondary N) is 2. The molecule has 0 radical (unpaired) electrons. The molecule has 0 unspecified atom stereocenters. The highest BCUT2D eigenvalue weighted by Crippen LogP contribution is 2.23. The molecule has 0 saturated carbocycles. The fourth-order valence-corrected chi connectivity index (χ4v) is 4.38. The molecule has 2 aliphatic carbocycles. The van der Waals surface area contributed by atoms with Crippen molar-refractivity contribution in [2.45, 2.75) is 64.2 Å². The SMILES string of the molecule is O=C(CCCCC(=O)N/N=C\c1ccc2c(c1)CCC2)N/N=C\c1ccc2c(c1)CCC2. The summed E-state index contributed by atoms with van der Waals surface area (Å²) in [5.74, 6) is -0.283. The predicted octanol–water partition coefficient (Wildman–Crippen LogP) is 3.82. The van der Waals surface area contributed by atoms with Gasteiger partial charge in [-0.15, -0.1) is 0 Å². The molecule has 0 atom stereocenters. The van der Waals surface area contributed by atoms with E-state index >= 15 is 0 Å². The molecular weight excluding hydrogens is 400 g/mol. The second kappa shape index (κ2) is 10.8. The van der Waals surface area contributed by atoms with Crippen LogP contribution in [0.4, 0.5) is 0 Å². The fourth-order valence-electron chi connectivity index (χ4n) is 4.38. The van der Waals surface area contributed by atoms with Gasteiger partial charge in [0.05, 0.1) is 12.4 Å². The number of fused-ring (bicyclic) bond motifs is 2. The van der Waals surface area contributed by atoms with Crippen LogP contribution in [-0.4, -0.2) is 24.2 Å². The van der Waals surface area contributed by atoms with Crippen molar-refractivity contribution in [3.8, 4) is 0 Å². The Balaban J connectivity index is 1.09. The van der Waals surface area contributed by atoms with Gasteiger partial charge in [-0.1, -0.05) is 24.3 Å². The Morgan fingerprint density at radius 3 is 1.59 bits per heavy atom. The van der Waals surface area contributed by atoms with Gasteiger partial charge in [0.15, 0.2) is 0 Å². The maximum Gasteiger partial charge on any atom is 0.240 e. The first kappa shape index (κ1) is 21.9. The number of rotatable bonds is 9. The number of carbonyl (C=O) groups excluding carboxylic acids is 2. The molecule has 2 aromatic carbocycles. The third-order valence-electron chi connectivity index (χ3n) is 6.11. The summed E-state index contributed by atoms with van der Waals surface area (Å²) in [6.45, 7) is 0. The molecule has 2 N–H and O–H groups in total. The molecule has 6 heteroatoms. The molecule has 2 aliphatic rings. The largest absolute Gasteiger partial charge is 0.273 e. The Kier molecular flexibility index (Phi) is 7.43. The van der Waals surface area contributed by atoms with Crippen molar-refractivity contribution >= 4 is 24.2 Å². The van der Waals surface area contributed by atoms with Crippen LogP contribution in [0.1, 0.15) is 71.9 Å². The van der Waals surface area contributed by atoms with Crippen LogP contribution in [0.2, 0.25) is 0 Å². The van der Waals surface area contributed by atoms with Crippen LogP contribution >= 0.6 is 0 Å². The number of hydrogen-bond donors (Lipinski definition) is 2. The zero-order chi connectivity index (χ0) is 22.2. The highest BCUT2D eigenvalue weighted by atomic mass is 16.2. The lowest BCUT2D eigenvalue weighted by molar-refractivity contribution is -0.123. The van der Waals surface area contributed by atoms with E-state index in [1.807, 2.05) is 12.1 Å². The molecular formula is C26H30N4O2. The van der Waals surface area contributed by atoms with Crippen LogP contribution in [0.5, 0.6) is 0 Å². The van der Waals surface area contributed by atoms with Gasteiger partial charge in [-0.05, 0) is 96.9 Å². The van der Waals surface area contributed by atoms with Crippen molar-refractivity contribution in [1.82, 2.24) is 10.9 Å². The smallest absolute Gasteiger partial charge is 0.240 e. The molecule has 0 bridgehead atoms. The number of hydrazone groups is 2. The van der Waals surface area contributed by atoms with Gasteiger partial charge in [0.2, 0.25) is 11.8 Å².